The molecule has 0 aliphatic carbocycles. The monoisotopic (exact) mass is 1070 g/mol. The van der Waals surface area contributed by atoms with Gasteiger partial charge >= 0.3 is 17.9 Å². The molecule has 0 rings (SSSR count). The van der Waals surface area contributed by atoms with Crippen molar-refractivity contribution in [1.29, 1.82) is 0 Å². The first-order valence-electron chi connectivity index (χ1n) is 34.0. The molecule has 446 valence electrons. The van der Waals surface area contributed by atoms with E-state index in [0.29, 0.717) is 19.3 Å². The Morgan fingerprint density at radius 2 is 0.474 bits per heavy atom. The second-order valence-electron chi connectivity index (χ2n) is 23.1. The summed E-state index contributed by atoms with van der Waals surface area (Å²) >= 11 is 0. The van der Waals surface area contributed by atoms with Gasteiger partial charge in [0.2, 0.25) is 0 Å². The fraction of sp³-hybridized carbons (Fsp3) is 0.871. The van der Waals surface area contributed by atoms with E-state index in [1.807, 2.05) is 0 Å². The van der Waals surface area contributed by atoms with Crippen LogP contribution in [0.25, 0.3) is 0 Å². The third-order valence-electron chi connectivity index (χ3n) is 15.4. The van der Waals surface area contributed by atoms with E-state index in [4.69, 9.17) is 14.2 Å². The first kappa shape index (κ1) is 73.6. The molecule has 0 radical (unpaired) electrons. The molecule has 0 aliphatic rings. The van der Waals surface area contributed by atoms with Gasteiger partial charge in [0, 0.05) is 19.3 Å². The molecule has 0 fully saturated rings. The predicted octanol–water partition coefficient (Wildman–Crippen LogP) is 23.2. The minimum Gasteiger partial charge on any atom is -0.462 e. The number of carbonyl (C=O) groups is 3. The van der Waals surface area contributed by atoms with E-state index in [-0.39, 0.29) is 31.1 Å². The van der Waals surface area contributed by atoms with Crippen molar-refractivity contribution in [3.63, 3.8) is 0 Å². The number of unbranched alkanes of at least 4 members (excludes halogenated alkanes) is 46. The number of allylic oxidation sites excluding steroid dienone is 6. The van der Waals surface area contributed by atoms with E-state index in [9.17, 15) is 14.4 Å². The standard InChI is InChI=1S/C70H130O6/c1-4-7-10-13-16-19-21-23-25-27-28-29-30-31-32-33-34-35-36-37-38-39-40-41-42-44-45-47-49-51-54-57-60-63-69(72)75-66-67(65-74-68(71)62-59-56-53-18-15-12-9-6-3)76-70(73)64-61-58-55-52-50-48-46-43-26-24-22-20-17-14-11-8-5-2/h21,23-24,26-28,67H,4-20,22,25,29-66H2,1-3H3/b23-21-,26-24-,28-27-. The van der Waals surface area contributed by atoms with Gasteiger partial charge < -0.3 is 14.2 Å². The molecule has 0 amide bonds. The molecule has 0 aromatic rings. The lowest BCUT2D eigenvalue weighted by molar-refractivity contribution is -0.167. The Labute approximate surface area is 474 Å². The summed E-state index contributed by atoms with van der Waals surface area (Å²) in [5.41, 5.74) is 0. The number of hydrogen-bond acceptors (Lipinski definition) is 6. The second-order valence-corrected chi connectivity index (χ2v) is 23.1. The quantitative estimate of drug-likeness (QED) is 0.0261. The van der Waals surface area contributed by atoms with Crippen molar-refractivity contribution >= 4 is 17.9 Å². The topological polar surface area (TPSA) is 78.9 Å². The first-order valence-corrected chi connectivity index (χ1v) is 34.0. The highest BCUT2D eigenvalue weighted by molar-refractivity contribution is 5.71. The Morgan fingerprint density at radius 1 is 0.263 bits per heavy atom. The molecule has 1 atom stereocenters. The lowest BCUT2D eigenvalue weighted by atomic mass is 10.0. The van der Waals surface area contributed by atoms with Gasteiger partial charge in [0.15, 0.2) is 6.10 Å². The molecule has 76 heavy (non-hydrogen) atoms. The molecule has 6 heteroatoms. The summed E-state index contributed by atoms with van der Waals surface area (Å²) < 4.78 is 16.9. The number of ether oxygens (including phenoxy) is 3. The zero-order chi connectivity index (χ0) is 55.0. The van der Waals surface area contributed by atoms with Crippen LogP contribution in [0.15, 0.2) is 36.5 Å². The van der Waals surface area contributed by atoms with E-state index in [1.165, 1.54) is 270 Å². The van der Waals surface area contributed by atoms with Crippen LogP contribution in [0.2, 0.25) is 0 Å². The van der Waals surface area contributed by atoms with Crippen molar-refractivity contribution in [3.8, 4) is 0 Å². The van der Waals surface area contributed by atoms with Crippen LogP contribution in [0.1, 0.15) is 374 Å². The average molecular weight is 1070 g/mol. The van der Waals surface area contributed by atoms with Crippen molar-refractivity contribution in [2.24, 2.45) is 0 Å². The van der Waals surface area contributed by atoms with Crippen molar-refractivity contribution in [1.82, 2.24) is 0 Å². The molecule has 0 heterocycles. The molecule has 0 aromatic heterocycles. The van der Waals surface area contributed by atoms with E-state index in [2.05, 4.69) is 57.2 Å². The van der Waals surface area contributed by atoms with E-state index in [0.717, 1.165) is 64.2 Å². The number of hydrogen-bond donors (Lipinski definition) is 0. The zero-order valence-electron chi connectivity index (χ0n) is 51.3. The van der Waals surface area contributed by atoms with Crippen LogP contribution in [-0.2, 0) is 28.6 Å². The van der Waals surface area contributed by atoms with Gasteiger partial charge in [0.25, 0.3) is 0 Å². The first-order chi connectivity index (χ1) is 37.5. The van der Waals surface area contributed by atoms with Crippen molar-refractivity contribution in [3.05, 3.63) is 36.5 Å². The summed E-state index contributed by atoms with van der Waals surface area (Å²) in [7, 11) is 0. The Hall–Kier alpha value is -2.37. The summed E-state index contributed by atoms with van der Waals surface area (Å²) in [6.07, 6.45) is 80.5. The molecule has 0 aromatic carbocycles. The van der Waals surface area contributed by atoms with Crippen LogP contribution in [-0.4, -0.2) is 37.2 Å². The molecular weight excluding hydrogens is 937 g/mol. The maximum absolute atomic E-state index is 12.9. The van der Waals surface area contributed by atoms with Crippen molar-refractivity contribution < 1.29 is 28.6 Å². The number of esters is 3. The molecular formula is C70H130O6. The van der Waals surface area contributed by atoms with Crippen LogP contribution in [0, 0.1) is 0 Å². The Balaban J connectivity index is 3.99. The van der Waals surface area contributed by atoms with Gasteiger partial charge in [0.1, 0.15) is 13.2 Å². The van der Waals surface area contributed by atoms with Gasteiger partial charge in [-0.05, 0) is 77.0 Å². The van der Waals surface area contributed by atoms with Crippen LogP contribution in [0.3, 0.4) is 0 Å². The third kappa shape index (κ3) is 62.5. The fourth-order valence-corrected chi connectivity index (χ4v) is 10.2. The van der Waals surface area contributed by atoms with Gasteiger partial charge in [-0.25, -0.2) is 0 Å². The summed E-state index contributed by atoms with van der Waals surface area (Å²) in [6, 6.07) is 0. The molecule has 0 aliphatic heterocycles. The van der Waals surface area contributed by atoms with Gasteiger partial charge in [-0.15, -0.1) is 0 Å². The van der Waals surface area contributed by atoms with E-state index < -0.39 is 6.10 Å². The van der Waals surface area contributed by atoms with Crippen molar-refractivity contribution in [2.75, 3.05) is 13.2 Å². The van der Waals surface area contributed by atoms with Crippen LogP contribution < -0.4 is 0 Å². The van der Waals surface area contributed by atoms with Crippen molar-refractivity contribution in [2.45, 2.75) is 380 Å². The van der Waals surface area contributed by atoms with Gasteiger partial charge in [-0.1, -0.05) is 314 Å². The molecule has 0 spiro atoms. The smallest absolute Gasteiger partial charge is 0.306 e. The van der Waals surface area contributed by atoms with Gasteiger partial charge in [-0.3, -0.25) is 14.4 Å². The molecule has 6 nitrogen and oxygen atoms in total. The van der Waals surface area contributed by atoms with Gasteiger partial charge in [0.05, 0.1) is 0 Å². The van der Waals surface area contributed by atoms with Crippen LogP contribution in [0.4, 0.5) is 0 Å². The molecule has 0 saturated carbocycles. The minimum absolute atomic E-state index is 0.0684. The Morgan fingerprint density at radius 3 is 0.737 bits per heavy atom. The normalized spacial score (nSPS) is 12.2. The second kappa shape index (κ2) is 65.2. The summed E-state index contributed by atoms with van der Waals surface area (Å²) in [6.45, 7) is 6.65. The lowest BCUT2D eigenvalue weighted by Crippen LogP contribution is -2.30. The lowest BCUT2D eigenvalue weighted by Gasteiger charge is -2.18. The summed E-state index contributed by atoms with van der Waals surface area (Å²) in [5.74, 6) is -0.854. The number of carbonyl (C=O) groups excluding carboxylic acids is 3. The van der Waals surface area contributed by atoms with E-state index >= 15 is 0 Å². The highest BCUT2D eigenvalue weighted by atomic mass is 16.6. The van der Waals surface area contributed by atoms with Crippen LogP contribution >= 0.6 is 0 Å². The molecule has 1 unspecified atom stereocenters. The zero-order valence-corrected chi connectivity index (χ0v) is 51.3. The SMILES string of the molecule is CCCCCCC/C=C\C/C=C\CCCCCCCCCCCCCCCCCCCCCCCC(=O)OCC(COC(=O)CCCCCCCCCC)OC(=O)CCCCCCCCC/C=C\CCCCCCCC. The Kier molecular flexibility index (Phi) is 63.1. The van der Waals surface area contributed by atoms with E-state index in [1.54, 1.807) is 0 Å². The largest absolute Gasteiger partial charge is 0.462 e. The molecule has 0 saturated heterocycles. The van der Waals surface area contributed by atoms with Gasteiger partial charge in [-0.2, -0.15) is 0 Å². The summed E-state index contributed by atoms with van der Waals surface area (Å²) in [4.78, 5) is 38.1. The molecule has 0 N–H and O–H groups in total. The highest BCUT2D eigenvalue weighted by Crippen LogP contribution is 2.18. The average Bonchev–Trinajstić information content (AvgIpc) is 3.42. The van der Waals surface area contributed by atoms with Crippen LogP contribution in [0.5, 0.6) is 0 Å². The minimum atomic E-state index is -0.769. The maximum Gasteiger partial charge on any atom is 0.306 e. The fourth-order valence-electron chi connectivity index (χ4n) is 10.2. The predicted molar refractivity (Wildman–Crippen MR) is 330 cm³/mol. The maximum atomic E-state index is 12.9. The Bertz CT molecular complexity index is 1270. The number of rotatable bonds is 63. The summed E-state index contributed by atoms with van der Waals surface area (Å²) in [5, 5.41) is 0. The molecule has 0 bridgehead atoms. The third-order valence-corrected chi connectivity index (χ3v) is 15.4. The highest BCUT2D eigenvalue weighted by Gasteiger charge is 2.19.